The molecule has 3 rings (SSSR count). The van der Waals surface area contributed by atoms with E-state index in [0.29, 0.717) is 31.0 Å². The first-order valence-electron chi connectivity index (χ1n) is 8.46. The molecule has 1 amide bonds. The molecule has 0 radical (unpaired) electrons. The van der Waals surface area contributed by atoms with Crippen LogP contribution in [0.1, 0.15) is 18.4 Å². The highest BCUT2D eigenvalue weighted by Gasteiger charge is 2.40. The number of halogens is 1. The van der Waals surface area contributed by atoms with Gasteiger partial charge in [-0.15, -0.1) is 0 Å². The van der Waals surface area contributed by atoms with Crippen molar-refractivity contribution in [2.24, 2.45) is 0 Å². The maximum atomic E-state index is 12.9. The average molecular weight is 393 g/mol. The number of carbonyl (C=O) groups excluding carboxylic acids is 1. The van der Waals surface area contributed by atoms with E-state index in [2.05, 4.69) is 0 Å². The summed E-state index contributed by atoms with van der Waals surface area (Å²) in [6, 6.07) is 14.9. The molecule has 138 valence electrons. The topological polar surface area (TPSA) is 57.7 Å². The van der Waals surface area contributed by atoms with Crippen LogP contribution < -0.4 is 0 Å². The molecule has 0 spiro atoms. The van der Waals surface area contributed by atoms with Crippen molar-refractivity contribution in [2.75, 3.05) is 13.6 Å². The molecule has 7 heteroatoms. The van der Waals surface area contributed by atoms with Crippen LogP contribution in [-0.4, -0.2) is 43.2 Å². The lowest BCUT2D eigenvalue weighted by Gasteiger charge is -2.27. The molecule has 1 heterocycles. The first kappa shape index (κ1) is 18.9. The molecule has 0 N–H and O–H groups in total. The Labute approximate surface area is 159 Å². The molecule has 0 aromatic heterocycles. The van der Waals surface area contributed by atoms with Crippen LogP contribution in [0.3, 0.4) is 0 Å². The highest BCUT2D eigenvalue weighted by molar-refractivity contribution is 7.89. The van der Waals surface area contributed by atoms with Gasteiger partial charge in [0, 0.05) is 25.2 Å². The number of carbonyl (C=O) groups is 1. The second kappa shape index (κ2) is 7.78. The van der Waals surface area contributed by atoms with Gasteiger partial charge in [-0.2, -0.15) is 4.31 Å². The van der Waals surface area contributed by atoms with Gasteiger partial charge in [0.25, 0.3) is 0 Å². The van der Waals surface area contributed by atoms with Crippen LogP contribution in [0.5, 0.6) is 0 Å². The zero-order valence-corrected chi connectivity index (χ0v) is 16.1. The van der Waals surface area contributed by atoms with Crippen LogP contribution in [0.25, 0.3) is 0 Å². The van der Waals surface area contributed by atoms with Crippen molar-refractivity contribution in [2.45, 2.75) is 30.3 Å². The molecular formula is C19H21ClN2O3S. The summed E-state index contributed by atoms with van der Waals surface area (Å²) >= 11 is 6.17. The largest absolute Gasteiger partial charge is 0.340 e. The zero-order valence-electron chi connectivity index (χ0n) is 14.5. The molecule has 0 bridgehead atoms. The van der Waals surface area contributed by atoms with E-state index in [9.17, 15) is 13.2 Å². The van der Waals surface area contributed by atoms with Crippen molar-refractivity contribution in [3.63, 3.8) is 0 Å². The van der Waals surface area contributed by atoms with Crippen LogP contribution >= 0.6 is 11.6 Å². The van der Waals surface area contributed by atoms with Gasteiger partial charge in [-0.05, 0) is 36.6 Å². The Kier molecular flexibility index (Phi) is 5.65. The number of benzene rings is 2. The molecule has 2 aromatic rings. The third-order valence-electron chi connectivity index (χ3n) is 4.58. The van der Waals surface area contributed by atoms with Gasteiger partial charge in [0.05, 0.1) is 4.90 Å². The van der Waals surface area contributed by atoms with Gasteiger partial charge in [-0.25, -0.2) is 8.42 Å². The fourth-order valence-corrected chi connectivity index (χ4v) is 5.08. The van der Waals surface area contributed by atoms with E-state index < -0.39 is 16.1 Å². The standard InChI is InChI=1S/C19H21ClN2O3S/c1-21(14-15-8-5-6-11-17(15)20)19(23)18-12-7-13-22(18)26(24,25)16-9-3-2-4-10-16/h2-6,8-11,18H,7,12-14H2,1H3. The minimum atomic E-state index is -3.69. The molecule has 1 atom stereocenters. The number of hydrogen-bond acceptors (Lipinski definition) is 3. The van der Waals surface area contributed by atoms with E-state index in [1.165, 1.54) is 4.31 Å². The number of hydrogen-bond donors (Lipinski definition) is 0. The Morgan fingerprint density at radius 1 is 1.15 bits per heavy atom. The fourth-order valence-electron chi connectivity index (χ4n) is 3.22. The van der Waals surface area contributed by atoms with Gasteiger partial charge in [-0.3, -0.25) is 4.79 Å². The fraction of sp³-hybridized carbons (Fsp3) is 0.316. The lowest BCUT2D eigenvalue weighted by molar-refractivity contribution is -0.133. The molecule has 1 aliphatic heterocycles. The molecule has 0 saturated carbocycles. The Hall–Kier alpha value is -1.89. The molecule has 5 nitrogen and oxygen atoms in total. The highest BCUT2D eigenvalue weighted by atomic mass is 35.5. The number of rotatable bonds is 5. The first-order chi connectivity index (χ1) is 12.4. The van der Waals surface area contributed by atoms with Gasteiger partial charge in [0.1, 0.15) is 6.04 Å². The third-order valence-corrected chi connectivity index (χ3v) is 6.87. The van der Waals surface area contributed by atoms with E-state index in [0.717, 1.165) is 5.56 Å². The SMILES string of the molecule is CN(Cc1ccccc1Cl)C(=O)C1CCCN1S(=O)(=O)c1ccccc1. The van der Waals surface area contributed by atoms with Crippen LogP contribution in [0.15, 0.2) is 59.5 Å². The van der Waals surface area contributed by atoms with Gasteiger partial charge in [0.15, 0.2) is 0 Å². The maximum absolute atomic E-state index is 12.9. The lowest BCUT2D eigenvalue weighted by Crippen LogP contribution is -2.46. The zero-order chi connectivity index (χ0) is 18.7. The van der Waals surface area contributed by atoms with Gasteiger partial charge in [0.2, 0.25) is 15.9 Å². The predicted octanol–water partition coefficient (Wildman–Crippen LogP) is 3.15. The Morgan fingerprint density at radius 2 is 1.81 bits per heavy atom. The Balaban J connectivity index is 1.79. The third kappa shape index (κ3) is 3.77. The van der Waals surface area contributed by atoms with E-state index in [4.69, 9.17) is 11.6 Å². The minimum Gasteiger partial charge on any atom is -0.340 e. The van der Waals surface area contributed by atoms with Gasteiger partial charge in [-0.1, -0.05) is 48.0 Å². The number of amides is 1. The van der Waals surface area contributed by atoms with Crippen LogP contribution in [0.2, 0.25) is 5.02 Å². The second-order valence-electron chi connectivity index (χ2n) is 6.37. The summed E-state index contributed by atoms with van der Waals surface area (Å²) in [7, 11) is -2.01. The monoisotopic (exact) mass is 392 g/mol. The van der Waals surface area contributed by atoms with Crippen molar-refractivity contribution in [3.8, 4) is 0 Å². The summed E-state index contributed by atoms with van der Waals surface area (Å²) in [5, 5.41) is 0.590. The quantitative estimate of drug-likeness (QED) is 0.785. The molecule has 2 aromatic carbocycles. The first-order valence-corrected chi connectivity index (χ1v) is 10.3. The van der Waals surface area contributed by atoms with E-state index >= 15 is 0 Å². The molecule has 0 aliphatic carbocycles. The summed E-state index contributed by atoms with van der Waals surface area (Å²) in [6.07, 6.45) is 1.19. The highest BCUT2D eigenvalue weighted by Crippen LogP contribution is 2.27. The normalized spacial score (nSPS) is 18.0. The minimum absolute atomic E-state index is 0.207. The lowest BCUT2D eigenvalue weighted by atomic mass is 10.1. The van der Waals surface area contributed by atoms with Crippen LogP contribution in [0.4, 0.5) is 0 Å². The summed E-state index contributed by atoms with van der Waals surface area (Å²) in [4.78, 5) is 14.7. The number of likely N-dealkylation sites (N-methyl/N-ethyl adjacent to an activating group) is 1. The maximum Gasteiger partial charge on any atom is 0.243 e. The van der Waals surface area contributed by atoms with Gasteiger partial charge >= 0.3 is 0 Å². The summed E-state index contributed by atoms with van der Waals surface area (Å²) in [6.45, 7) is 0.696. The van der Waals surface area contributed by atoms with Crippen molar-refractivity contribution < 1.29 is 13.2 Å². The number of sulfonamides is 1. The molecule has 1 unspecified atom stereocenters. The molecule has 1 fully saturated rings. The van der Waals surface area contributed by atoms with Crippen molar-refractivity contribution in [1.29, 1.82) is 0 Å². The molecule has 1 saturated heterocycles. The van der Waals surface area contributed by atoms with Crippen molar-refractivity contribution in [3.05, 3.63) is 65.2 Å². The average Bonchev–Trinajstić information content (AvgIpc) is 3.14. The Morgan fingerprint density at radius 3 is 2.50 bits per heavy atom. The predicted molar refractivity (Wildman–Crippen MR) is 101 cm³/mol. The molecule has 26 heavy (non-hydrogen) atoms. The van der Waals surface area contributed by atoms with E-state index in [1.54, 1.807) is 48.3 Å². The summed E-state index contributed by atoms with van der Waals surface area (Å²) in [5.41, 5.74) is 0.834. The van der Waals surface area contributed by atoms with E-state index in [-0.39, 0.29) is 10.8 Å². The van der Waals surface area contributed by atoms with Crippen LogP contribution in [0, 0.1) is 0 Å². The smallest absolute Gasteiger partial charge is 0.243 e. The Bertz CT molecular complexity index is 887. The number of nitrogens with zero attached hydrogens (tertiary/aromatic N) is 2. The van der Waals surface area contributed by atoms with E-state index in [1.807, 2.05) is 18.2 Å². The summed E-state index contributed by atoms with van der Waals surface area (Å²) in [5.74, 6) is -0.207. The van der Waals surface area contributed by atoms with Crippen molar-refractivity contribution in [1.82, 2.24) is 9.21 Å². The van der Waals surface area contributed by atoms with Crippen LogP contribution in [-0.2, 0) is 21.4 Å². The molecular weight excluding hydrogens is 372 g/mol. The second-order valence-corrected chi connectivity index (χ2v) is 8.67. The summed E-state index contributed by atoms with van der Waals surface area (Å²) < 4.78 is 27.2. The van der Waals surface area contributed by atoms with Crippen molar-refractivity contribution >= 4 is 27.5 Å². The molecule has 1 aliphatic rings. The van der Waals surface area contributed by atoms with Gasteiger partial charge < -0.3 is 4.90 Å².